The third-order valence-electron chi connectivity index (χ3n) is 1.81. The van der Waals surface area contributed by atoms with Crippen LogP contribution in [-0.4, -0.2) is 7.05 Å². The predicted octanol–water partition coefficient (Wildman–Crippen LogP) is 1.34. The molecule has 0 bridgehead atoms. The lowest BCUT2D eigenvalue weighted by Crippen LogP contribution is -2.15. The summed E-state index contributed by atoms with van der Waals surface area (Å²) in [5.74, 6) is 0. The van der Waals surface area contributed by atoms with E-state index in [9.17, 15) is 0 Å². The van der Waals surface area contributed by atoms with Gasteiger partial charge >= 0.3 is 0 Å². The molecule has 1 atom stereocenters. The Balaban J connectivity index is 3.15. The minimum absolute atomic E-state index is 0.407. The summed E-state index contributed by atoms with van der Waals surface area (Å²) in [6, 6.07) is 10.8. The highest BCUT2D eigenvalue weighted by molar-refractivity contribution is 5.41. The van der Waals surface area contributed by atoms with Crippen molar-refractivity contribution >= 4 is 0 Å². The van der Waals surface area contributed by atoms with Crippen LogP contribution >= 0.6 is 0 Å². The van der Waals surface area contributed by atoms with Crippen molar-refractivity contribution in [1.29, 1.82) is 10.5 Å². The second kappa shape index (κ2) is 4.25. The van der Waals surface area contributed by atoms with Gasteiger partial charge in [-0.1, -0.05) is 18.2 Å². The molecule has 1 rings (SSSR count). The standard InChI is InChI=1S/C10H9N3/c1-13-10(7-12)9-5-3-2-4-8(9)6-11/h2-5,10,13H,1H3. The van der Waals surface area contributed by atoms with Crippen molar-refractivity contribution in [3.63, 3.8) is 0 Å². The highest BCUT2D eigenvalue weighted by Crippen LogP contribution is 2.15. The monoisotopic (exact) mass is 171 g/mol. The molecule has 0 aliphatic heterocycles. The molecule has 3 nitrogen and oxygen atoms in total. The lowest BCUT2D eigenvalue weighted by Gasteiger charge is -2.08. The van der Waals surface area contributed by atoms with Crippen molar-refractivity contribution in [2.75, 3.05) is 7.05 Å². The highest BCUT2D eigenvalue weighted by Gasteiger charge is 2.10. The van der Waals surface area contributed by atoms with Gasteiger partial charge in [-0.25, -0.2) is 0 Å². The molecule has 0 aliphatic rings. The van der Waals surface area contributed by atoms with Crippen LogP contribution in [0.25, 0.3) is 0 Å². The zero-order valence-electron chi connectivity index (χ0n) is 7.28. The molecule has 1 aromatic rings. The Bertz CT molecular complexity index is 370. The second-order valence-electron chi connectivity index (χ2n) is 2.55. The van der Waals surface area contributed by atoms with Gasteiger partial charge in [-0.2, -0.15) is 10.5 Å². The summed E-state index contributed by atoms with van der Waals surface area (Å²) in [5, 5.41) is 20.4. The van der Waals surface area contributed by atoms with E-state index in [-0.39, 0.29) is 0 Å². The van der Waals surface area contributed by atoms with Crippen LogP contribution in [0, 0.1) is 22.7 Å². The predicted molar refractivity (Wildman–Crippen MR) is 48.6 cm³/mol. The number of rotatable bonds is 2. The minimum atomic E-state index is -0.407. The van der Waals surface area contributed by atoms with E-state index in [1.165, 1.54) is 0 Å². The first-order valence-electron chi connectivity index (χ1n) is 3.89. The van der Waals surface area contributed by atoms with Crippen molar-refractivity contribution in [3.05, 3.63) is 35.4 Å². The molecule has 0 heterocycles. The fourth-order valence-electron chi connectivity index (χ4n) is 1.14. The van der Waals surface area contributed by atoms with Crippen molar-refractivity contribution in [2.45, 2.75) is 6.04 Å². The van der Waals surface area contributed by atoms with E-state index < -0.39 is 6.04 Å². The van der Waals surface area contributed by atoms with Crippen LogP contribution in [0.1, 0.15) is 17.2 Å². The largest absolute Gasteiger partial charge is 0.301 e. The van der Waals surface area contributed by atoms with E-state index in [1.54, 1.807) is 25.2 Å². The fraction of sp³-hybridized carbons (Fsp3) is 0.200. The fourth-order valence-corrected chi connectivity index (χ4v) is 1.14. The van der Waals surface area contributed by atoms with Gasteiger partial charge in [-0.15, -0.1) is 0 Å². The molecule has 1 N–H and O–H groups in total. The van der Waals surface area contributed by atoms with Crippen LogP contribution in [0.4, 0.5) is 0 Å². The topological polar surface area (TPSA) is 59.6 Å². The van der Waals surface area contributed by atoms with Gasteiger partial charge < -0.3 is 5.32 Å². The highest BCUT2D eigenvalue weighted by atomic mass is 14.9. The van der Waals surface area contributed by atoms with Crippen molar-refractivity contribution in [2.24, 2.45) is 0 Å². The van der Waals surface area contributed by atoms with Gasteiger partial charge in [0, 0.05) is 5.56 Å². The molecule has 0 saturated heterocycles. The summed E-state index contributed by atoms with van der Waals surface area (Å²) in [4.78, 5) is 0. The first-order chi connectivity index (χ1) is 6.33. The van der Waals surface area contributed by atoms with Crippen molar-refractivity contribution < 1.29 is 0 Å². The average Bonchev–Trinajstić information content (AvgIpc) is 2.20. The van der Waals surface area contributed by atoms with E-state index in [4.69, 9.17) is 10.5 Å². The van der Waals surface area contributed by atoms with Crippen molar-refractivity contribution in [3.8, 4) is 12.1 Å². The third kappa shape index (κ3) is 1.84. The molecular formula is C10H9N3. The maximum Gasteiger partial charge on any atom is 0.122 e. The molecular weight excluding hydrogens is 162 g/mol. The molecule has 1 aromatic carbocycles. The maximum absolute atomic E-state index is 8.78. The van der Waals surface area contributed by atoms with E-state index in [0.717, 1.165) is 5.56 Å². The van der Waals surface area contributed by atoms with E-state index in [0.29, 0.717) is 5.56 Å². The molecule has 0 amide bonds. The van der Waals surface area contributed by atoms with Crippen LogP contribution in [0.3, 0.4) is 0 Å². The molecule has 0 radical (unpaired) electrons. The van der Waals surface area contributed by atoms with Gasteiger partial charge in [0.25, 0.3) is 0 Å². The first-order valence-corrected chi connectivity index (χ1v) is 3.89. The lowest BCUT2D eigenvalue weighted by atomic mass is 10.0. The number of nitriles is 2. The third-order valence-corrected chi connectivity index (χ3v) is 1.81. The summed E-state index contributed by atoms with van der Waals surface area (Å²) in [6.07, 6.45) is 0. The van der Waals surface area contributed by atoms with Crippen LogP contribution in [0.5, 0.6) is 0 Å². The smallest absolute Gasteiger partial charge is 0.122 e. The van der Waals surface area contributed by atoms with Crippen LogP contribution in [-0.2, 0) is 0 Å². The lowest BCUT2D eigenvalue weighted by molar-refractivity contribution is 0.725. The zero-order chi connectivity index (χ0) is 9.68. The van der Waals surface area contributed by atoms with E-state index in [2.05, 4.69) is 17.5 Å². The number of nitrogens with one attached hydrogen (secondary N) is 1. The Labute approximate surface area is 77.2 Å². The van der Waals surface area contributed by atoms with Gasteiger partial charge in [0.05, 0.1) is 17.7 Å². The molecule has 0 aromatic heterocycles. The van der Waals surface area contributed by atoms with Gasteiger partial charge in [0.1, 0.15) is 6.04 Å². The Morgan fingerprint density at radius 1 is 1.31 bits per heavy atom. The molecule has 3 heteroatoms. The summed E-state index contributed by atoms with van der Waals surface area (Å²) in [7, 11) is 1.70. The number of benzene rings is 1. The summed E-state index contributed by atoms with van der Waals surface area (Å²) >= 11 is 0. The molecule has 0 saturated carbocycles. The molecule has 1 unspecified atom stereocenters. The Kier molecular flexibility index (Phi) is 3.03. The van der Waals surface area contributed by atoms with Gasteiger partial charge in [0.15, 0.2) is 0 Å². The molecule has 13 heavy (non-hydrogen) atoms. The van der Waals surface area contributed by atoms with Crippen molar-refractivity contribution in [1.82, 2.24) is 5.32 Å². The average molecular weight is 171 g/mol. The minimum Gasteiger partial charge on any atom is -0.301 e. The normalized spacial score (nSPS) is 11.3. The first kappa shape index (κ1) is 9.25. The van der Waals surface area contributed by atoms with E-state index >= 15 is 0 Å². The summed E-state index contributed by atoms with van der Waals surface area (Å²) in [6.45, 7) is 0. The Morgan fingerprint density at radius 3 is 2.54 bits per heavy atom. The quantitative estimate of drug-likeness (QED) is 0.730. The number of nitrogens with zero attached hydrogens (tertiary/aromatic N) is 2. The number of hydrogen-bond acceptors (Lipinski definition) is 3. The SMILES string of the molecule is CNC(C#N)c1ccccc1C#N. The second-order valence-corrected chi connectivity index (χ2v) is 2.55. The molecule has 0 aliphatic carbocycles. The van der Waals surface area contributed by atoms with Crippen LogP contribution in [0.15, 0.2) is 24.3 Å². The van der Waals surface area contributed by atoms with E-state index in [1.807, 2.05) is 6.07 Å². The Hall–Kier alpha value is -1.84. The number of hydrogen-bond donors (Lipinski definition) is 1. The molecule has 0 fully saturated rings. The van der Waals surface area contributed by atoms with Gasteiger partial charge in [-0.05, 0) is 13.1 Å². The molecule has 64 valence electrons. The molecule has 0 spiro atoms. The maximum atomic E-state index is 8.78. The summed E-state index contributed by atoms with van der Waals surface area (Å²) < 4.78 is 0. The van der Waals surface area contributed by atoms with Crippen LogP contribution < -0.4 is 5.32 Å². The van der Waals surface area contributed by atoms with Crippen LogP contribution in [0.2, 0.25) is 0 Å². The summed E-state index contributed by atoms with van der Waals surface area (Å²) in [5.41, 5.74) is 1.28. The van der Waals surface area contributed by atoms with Gasteiger partial charge in [-0.3, -0.25) is 0 Å². The van der Waals surface area contributed by atoms with Gasteiger partial charge in [0.2, 0.25) is 0 Å². The zero-order valence-corrected chi connectivity index (χ0v) is 7.28. The Morgan fingerprint density at radius 2 is 2.00 bits per heavy atom.